The van der Waals surface area contributed by atoms with Gasteiger partial charge >= 0.3 is 0 Å². The molecule has 2 rings (SSSR count). The summed E-state index contributed by atoms with van der Waals surface area (Å²) < 4.78 is 13.2. The van der Waals surface area contributed by atoms with E-state index in [-0.39, 0.29) is 11.2 Å². The maximum Gasteiger partial charge on any atom is 0.125 e. The molecule has 0 saturated carbocycles. The minimum absolute atomic E-state index is 0.156. The summed E-state index contributed by atoms with van der Waals surface area (Å²) in [5.41, 5.74) is 1.20. The van der Waals surface area contributed by atoms with Gasteiger partial charge in [-0.05, 0) is 37.1 Å². The molecule has 0 bridgehead atoms. The number of nitrogens with one attached hydrogen (secondary N) is 1. The average Bonchev–Trinajstić information content (AvgIpc) is 2.27. The zero-order valence-electron chi connectivity index (χ0n) is 10.8. The smallest absolute Gasteiger partial charge is 0.125 e. The van der Waals surface area contributed by atoms with Crippen LogP contribution in [0.2, 0.25) is 0 Å². The number of nitrogens with zero attached hydrogens (tertiary/aromatic N) is 1. The lowest BCUT2D eigenvalue weighted by molar-refractivity contribution is 0.215. The van der Waals surface area contributed by atoms with Gasteiger partial charge in [0.1, 0.15) is 5.82 Å². The Labute approximate surface area is 103 Å². The molecule has 1 aromatic rings. The summed E-state index contributed by atoms with van der Waals surface area (Å²) in [5.74, 6) is -0.156. The first-order valence-corrected chi connectivity index (χ1v) is 6.21. The van der Waals surface area contributed by atoms with E-state index in [0.717, 1.165) is 25.2 Å². The van der Waals surface area contributed by atoms with Crippen molar-refractivity contribution in [1.82, 2.24) is 5.32 Å². The van der Waals surface area contributed by atoms with Crippen LogP contribution in [0.5, 0.6) is 0 Å². The number of hydrogen-bond donors (Lipinski definition) is 1. The normalized spacial score (nSPS) is 23.8. The lowest BCUT2D eigenvalue weighted by Gasteiger charge is -2.45. The van der Waals surface area contributed by atoms with Gasteiger partial charge in [0.05, 0.1) is 0 Å². The molecule has 1 heterocycles. The highest BCUT2D eigenvalue weighted by atomic mass is 19.1. The number of piperidine rings is 1. The second-order valence-electron chi connectivity index (χ2n) is 5.52. The molecule has 0 aliphatic carbocycles. The van der Waals surface area contributed by atoms with E-state index in [9.17, 15) is 4.39 Å². The van der Waals surface area contributed by atoms with Crippen LogP contribution in [0.1, 0.15) is 20.3 Å². The Hall–Kier alpha value is -1.09. The predicted molar refractivity (Wildman–Crippen MR) is 69.9 cm³/mol. The standard InChI is InChI=1S/C14H21FN2/c1-14(2)10-17(8-7-13(14)16-3)12-6-4-5-11(15)9-12/h4-6,9,13,16H,7-8,10H2,1-3H3. The van der Waals surface area contributed by atoms with E-state index in [1.54, 1.807) is 12.1 Å². The number of rotatable bonds is 2. The van der Waals surface area contributed by atoms with Gasteiger partial charge in [-0.3, -0.25) is 0 Å². The summed E-state index contributed by atoms with van der Waals surface area (Å²) in [6, 6.07) is 7.41. The Morgan fingerprint density at radius 3 is 2.76 bits per heavy atom. The van der Waals surface area contributed by atoms with Crippen LogP contribution < -0.4 is 10.2 Å². The van der Waals surface area contributed by atoms with Gasteiger partial charge in [0.15, 0.2) is 0 Å². The fraction of sp³-hybridized carbons (Fsp3) is 0.571. The highest BCUT2D eigenvalue weighted by Crippen LogP contribution is 2.32. The van der Waals surface area contributed by atoms with Crippen LogP contribution in [0.15, 0.2) is 24.3 Å². The molecule has 1 aliphatic rings. The Morgan fingerprint density at radius 2 is 2.18 bits per heavy atom. The van der Waals surface area contributed by atoms with Crippen molar-refractivity contribution in [3.8, 4) is 0 Å². The molecule has 1 atom stereocenters. The van der Waals surface area contributed by atoms with Crippen LogP contribution in [0, 0.1) is 11.2 Å². The molecule has 3 heteroatoms. The van der Waals surface area contributed by atoms with E-state index >= 15 is 0 Å². The molecule has 94 valence electrons. The van der Waals surface area contributed by atoms with E-state index in [4.69, 9.17) is 0 Å². The quantitative estimate of drug-likeness (QED) is 0.849. The molecular formula is C14H21FN2. The second-order valence-corrected chi connectivity index (χ2v) is 5.52. The molecule has 1 aromatic carbocycles. The minimum atomic E-state index is -0.156. The van der Waals surface area contributed by atoms with Crippen molar-refractivity contribution in [3.63, 3.8) is 0 Å². The predicted octanol–water partition coefficient (Wildman–Crippen LogP) is 2.65. The van der Waals surface area contributed by atoms with Gasteiger partial charge in [0.25, 0.3) is 0 Å². The minimum Gasteiger partial charge on any atom is -0.371 e. The number of benzene rings is 1. The van der Waals surface area contributed by atoms with Gasteiger partial charge in [-0.2, -0.15) is 0 Å². The fourth-order valence-corrected chi connectivity index (χ4v) is 2.79. The fourth-order valence-electron chi connectivity index (χ4n) is 2.79. The molecule has 17 heavy (non-hydrogen) atoms. The Bertz CT molecular complexity index is 390. The number of halogens is 1. The average molecular weight is 236 g/mol. The highest BCUT2D eigenvalue weighted by Gasteiger charge is 2.34. The molecule has 0 spiro atoms. The summed E-state index contributed by atoms with van der Waals surface area (Å²) >= 11 is 0. The molecule has 1 saturated heterocycles. The lowest BCUT2D eigenvalue weighted by Crippen LogP contribution is -2.53. The van der Waals surface area contributed by atoms with Crippen LogP contribution in [0.4, 0.5) is 10.1 Å². The Morgan fingerprint density at radius 1 is 1.41 bits per heavy atom. The van der Waals surface area contributed by atoms with Crippen LogP contribution in [0.3, 0.4) is 0 Å². The van der Waals surface area contributed by atoms with Gasteiger partial charge in [-0.25, -0.2) is 4.39 Å². The van der Waals surface area contributed by atoms with E-state index in [0.29, 0.717) is 6.04 Å². The number of anilines is 1. The summed E-state index contributed by atoms with van der Waals surface area (Å²) in [5, 5.41) is 3.38. The maximum absolute atomic E-state index is 13.2. The molecule has 1 aliphatic heterocycles. The maximum atomic E-state index is 13.2. The third kappa shape index (κ3) is 2.60. The first kappa shape index (κ1) is 12.4. The lowest BCUT2D eigenvalue weighted by atomic mass is 9.79. The zero-order valence-corrected chi connectivity index (χ0v) is 10.8. The van der Waals surface area contributed by atoms with E-state index in [1.807, 2.05) is 13.1 Å². The van der Waals surface area contributed by atoms with Crippen molar-refractivity contribution in [2.45, 2.75) is 26.3 Å². The van der Waals surface area contributed by atoms with Crippen molar-refractivity contribution < 1.29 is 4.39 Å². The number of hydrogen-bond acceptors (Lipinski definition) is 2. The molecular weight excluding hydrogens is 215 g/mol. The van der Waals surface area contributed by atoms with E-state index < -0.39 is 0 Å². The van der Waals surface area contributed by atoms with Crippen molar-refractivity contribution in [3.05, 3.63) is 30.1 Å². The van der Waals surface area contributed by atoms with Crippen LogP contribution >= 0.6 is 0 Å². The molecule has 1 fully saturated rings. The van der Waals surface area contributed by atoms with E-state index in [1.165, 1.54) is 6.07 Å². The van der Waals surface area contributed by atoms with Gasteiger partial charge in [0.2, 0.25) is 0 Å². The monoisotopic (exact) mass is 236 g/mol. The summed E-state index contributed by atoms with van der Waals surface area (Å²) in [4.78, 5) is 2.27. The van der Waals surface area contributed by atoms with Gasteiger partial charge in [-0.1, -0.05) is 19.9 Å². The first-order valence-electron chi connectivity index (χ1n) is 6.21. The summed E-state index contributed by atoms with van der Waals surface area (Å²) in [6.45, 7) is 6.47. The topological polar surface area (TPSA) is 15.3 Å². The van der Waals surface area contributed by atoms with Crippen LogP contribution in [-0.2, 0) is 0 Å². The first-order chi connectivity index (χ1) is 8.03. The van der Waals surface area contributed by atoms with Crippen LogP contribution in [0.25, 0.3) is 0 Å². The summed E-state index contributed by atoms with van der Waals surface area (Å²) in [6.07, 6.45) is 1.10. The molecule has 1 unspecified atom stereocenters. The highest BCUT2D eigenvalue weighted by molar-refractivity contribution is 5.47. The molecule has 0 radical (unpaired) electrons. The largest absolute Gasteiger partial charge is 0.371 e. The van der Waals surface area contributed by atoms with Gasteiger partial charge in [0, 0.05) is 24.8 Å². The van der Waals surface area contributed by atoms with Gasteiger partial charge < -0.3 is 10.2 Å². The Kier molecular flexibility index (Phi) is 3.38. The molecule has 1 N–H and O–H groups in total. The molecule has 2 nitrogen and oxygen atoms in total. The van der Waals surface area contributed by atoms with E-state index in [2.05, 4.69) is 24.1 Å². The third-order valence-electron chi connectivity index (χ3n) is 3.75. The SMILES string of the molecule is CNC1CCN(c2cccc(F)c2)CC1(C)C. The van der Waals surface area contributed by atoms with Gasteiger partial charge in [-0.15, -0.1) is 0 Å². The Balaban J connectivity index is 2.15. The van der Waals surface area contributed by atoms with Crippen molar-refractivity contribution in [2.24, 2.45) is 5.41 Å². The second kappa shape index (κ2) is 4.65. The van der Waals surface area contributed by atoms with Crippen LogP contribution in [-0.4, -0.2) is 26.2 Å². The van der Waals surface area contributed by atoms with Crippen molar-refractivity contribution >= 4 is 5.69 Å². The zero-order chi connectivity index (χ0) is 12.5. The van der Waals surface area contributed by atoms with Crippen molar-refractivity contribution in [1.29, 1.82) is 0 Å². The summed E-state index contributed by atoms with van der Waals surface area (Å²) in [7, 11) is 2.02. The third-order valence-corrected chi connectivity index (χ3v) is 3.75. The van der Waals surface area contributed by atoms with Crippen molar-refractivity contribution in [2.75, 3.05) is 25.0 Å². The molecule has 0 amide bonds. The molecule has 0 aromatic heterocycles.